The highest BCUT2D eigenvalue weighted by Gasteiger charge is 2.30. The van der Waals surface area contributed by atoms with Crippen LogP contribution in [0, 0.1) is 0 Å². The van der Waals surface area contributed by atoms with Crippen molar-refractivity contribution in [1.82, 2.24) is 9.21 Å². The molecule has 2 heterocycles. The second-order valence-electron chi connectivity index (χ2n) is 7.33. The summed E-state index contributed by atoms with van der Waals surface area (Å²) in [5.41, 5.74) is 1.20. The molecule has 168 valence electrons. The van der Waals surface area contributed by atoms with E-state index in [1.165, 1.54) is 28.6 Å². The molecule has 1 saturated heterocycles. The number of hydrogen-bond acceptors (Lipinski definition) is 6. The molecule has 1 N–H and O–H groups in total. The van der Waals surface area contributed by atoms with Crippen LogP contribution in [-0.2, 0) is 19.6 Å². The minimum absolute atomic E-state index is 0.0706. The number of methoxy groups -OCH3 is 1. The third kappa shape index (κ3) is 4.61. The highest BCUT2D eigenvalue weighted by Crippen LogP contribution is 2.31. The Hall–Kier alpha value is -3.37. The van der Waals surface area contributed by atoms with Gasteiger partial charge in [-0.25, -0.2) is 8.42 Å². The van der Waals surface area contributed by atoms with Gasteiger partial charge in [-0.15, -0.1) is 0 Å². The standard InChI is InChI=1S/C22H23N3O6S/c1-30-17-5-2-16(3-6-17)4-9-22(27)24-10-12-25(13-11-24)32(28,29)18-7-8-20-19(14-18)23-21(26)15-31-20/h2-9,14H,10-13,15H2,1H3,(H,23,26). The number of rotatable bonds is 5. The third-order valence-electron chi connectivity index (χ3n) is 5.31. The molecule has 0 bridgehead atoms. The molecule has 9 nitrogen and oxygen atoms in total. The van der Waals surface area contributed by atoms with Gasteiger partial charge in [-0.1, -0.05) is 12.1 Å². The zero-order valence-electron chi connectivity index (χ0n) is 17.5. The van der Waals surface area contributed by atoms with Gasteiger partial charge in [0, 0.05) is 32.3 Å². The van der Waals surface area contributed by atoms with Gasteiger partial charge in [-0.2, -0.15) is 4.31 Å². The number of sulfonamides is 1. The van der Waals surface area contributed by atoms with Crippen molar-refractivity contribution in [3.8, 4) is 11.5 Å². The van der Waals surface area contributed by atoms with Gasteiger partial charge in [0.25, 0.3) is 5.91 Å². The number of benzene rings is 2. The lowest BCUT2D eigenvalue weighted by molar-refractivity contribution is -0.127. The third-order valence-corrected chi connectivity index (χ3v) is 7.20. The van der Waals surface area contributed by atoms with Crippen molar-refractivity contribution in [2.45, 2.75) is 4.90 Å². The molecule has 1 fully saturated rings. The molecule has 0 radical (unpaired) electrons. The number of amides is 2. The summed E-state index contributed by atoms with van der Waals surface area (Å²) in [5, 5.41) is 2.62. The van der Waals surface area contributed by atoms with E-state index in [9.17, 15) is 18.0 Å². The SMILES string of the molecule is COc1ccc(C=CC(=O)N2CCN(S(=O)(=O)c3ccc4c(c3)NC(=O)CO4)CC2)cc1. The van der Waals surface area contributed by atoms with Crippen LogP contribution in [0.2, 0.25) is 0 Å². The predicted octanol–water partition coefficient (Wildman–Crippen LogP) is 1.57. The summed E-state index contributed by atoms with van der Waals surface area (Å²) >= 11 is 0. The van der Waals surface area contributed by atoms with Crippen LogP contribution in [-0.4, -0.2) is 69.3 Å². The second kappa shape index (κ2) is 9.01. The molecular formula is C22H23N3O6S. The van der Waals surface area contributed by atoms with Crippen molar-refractivity contribution in [2.24, 2.45) is 0 Å². The zero-order valence-corrected chi connectivity index (χ0v) is 18.3. The molecular weight excluding hydrogens is 434 g/mol. The van der Waals surface area contributed by atoms with E-state index < -0.39 is 10.0 Å². The molecule has 2 aromatic rings. The molecule has 2 aliphatic rings. The number of nitrogens with one attached hydrogen (secondary N) is 1. The summed E-state index contributed by atoms with van der Waals surface area (Å²) in [5.74, 6) is 0.663. The van der Waals surface area contributed by atoms with Gasteiger partial charge >= 0.3 is 0 Å². The van der Waals surface area contributed by atoms with Crippen LogP contribution in [0.15, 0.2) is 53.4 Å². The van der Waals surface area contributed by atoms with Crippen LogP contribution in [0.1, 0.15) is 5.56 Å². The minimum Gasteiger partial charge on any atom is -0.497 e. The van der Waals surface area contributed by atoms with Crippen LogP contribution >= 0.6 is 0 Å². The van der Waals surface area contributed by atoms with Crippen LogP contribution in [0.25, 0.3) is 6.08 Å². The number of ether oxygens (including phenoxy) is 2. The molecule has 0 saturated carbocycles. The van der Waals surface area contributed by atoms with Crippen molar-refractivity contribution < 1.29 is 27.5 Å². The second-order valence-corrected chi connectivity index (χ2v) is 9.27. The highest BCUT2D eigenvalue weighted by molar-refractivity contribution is 7.89. The summed E-state index contributed by atoms with van der Waals surface area (Å²) in [6.07, 6.45) is 3.20. The number of nitrogens with zero attached hydrogens (tertiary/aromatic N) is 2. The molecule has 2 amide bonds. The summed E-state index contributed by atoms with van der Waals surface area (Å²) in [6.45, 7) is 0.850. The van der Waals surface area contributed by atoms with Gasteiger partial charge in [-0.3, -0.25) is 9.59 Å². The molecule has 0 spiro atoms. The number of carbonyl (C=O) groups excluding carboxylic acids is 2. The Morgan fingerprint density at radius 1 is 1.09 bits per heavy atom. The van der Waals surface area contributed by atoms with Crippen molar-refractivity contribution in [3.63, 3.8) is 0 Å². The van der Waals surface area contributed by atoms with Crippen LogP contribution in [0.3, 0.4) is 0 Å². The van der Waals surface area contributed by atoms with Crippen LogP contribution in [0.4, 0.5) is 5.69 Å². The largest absolute Gasteiger partial charge is 0.497 e. The van der Waals surface area contributed by atoms with Crippen LogP contribution < -0.4 is 14.8 Å². The minimum atomic E-state index is -3.77. The van der Waals surface area contributed by atoms with Crippen molar-refractivity contribution >= 4 is 33.6 Å². The Morgan fingerprint density at radius 3 is 2.50 bits per heavy atom. The first kappa shape index (κ1) is 21.8. The van der Waals surface area contributed by atoms with E-state index in [2.05, 4.69) is 5.32 Å². The molecule has 0 aliphatic carbocycles. The lowest BCUT2D eigenvalue weighted by Crippen LogP contribution is -2.50. The van der Waals surface area contributed by atoms with Gasteiger partial charge in [0.2, 0.25) is 15.9 Å². The number of anilines is 1. The maximum absolute atomic E-state index is 13.0. The zero-order chi connectivity index (χ0) is 22.7. The van der Waals surface area contributed by atoms with E-state index in [1.54, 1.807) is 18.1 Å². The molecule has 4 rings (SSSR count). The van der Waals surface area contributed by atoms with E-state index >= 15 is 0 Å². The average molecular weight is 458 g/mol. The lowest BCUT2D eigenvalue weighted by atomic mass is 10.2. The van der Waals surface area contributed by atoms with Gasteiger partial charge in [0.05, 0.1) is 17.7 Å². The highest BCUT2D eigenvalue weighted by atomic mass is 32.2. The monoisotopic (exact) mass is 457 g/mol. The lowest BCUT2D eigenvalue weighted by Gasteiger charge is -2.33. The van der Waals surface area contributed by atoms with Crippen LogP contribution in [0.5, 0.6) is 11.5 Å². The van der Waals surface area contributed by atoms with E-state index in [1.807, 2.05) is 24.3 Å². The smallest absolute Gasteiger partial charge is 0.262 e. The van der Waals surface area contributed by atoms with Gasteiger partial charge < -0.3 is 19.7 Å². The molecule has 10 heteroatoms. The first-order chi connectivity index (χ1) is 15.4. The Bertz CT molecular complexity index is 1150. The molecule has 32 heavy (non-hydrogen) atoms. The average Bonchev–Trinajstić information content (AvgIpc) is 2.82. The number of carbonyl (C=O) groups is 2. The summed E-state index contributed by atoms with van der Waals surface area (Å²) in [6, 6.07) is 11.7. The fraction of sp³-hybridized carbons (Fsp3) is 0.273. The van der Waals surface area contributed by atoms with Gasteiger partial charge in [0.15, 0.2) is 6.61 Å². The van der Waals surface area contributed by atoms with E-state index in [0.717, 1.165) is 11.3 Å². The van der Waals surface area contributed by atoms with Crippen molar-refractivity contribution in [1.29, 1.82) is 0 Å². The van der Waals surface area contributed by atoms with E-state index in [0.29, 0.717) is 11.4 Å². The Kier molecular flexibility index (Phi) is 6.15. The summed E-state index contributed by atoms with van der Waals surface area (Å²) in [7, 11) is -2.18. The Balaban J connectivity index is 1.38. The topological polar surface area (TPSA) is 105 Å². The first-order valence-corrected chi connectivity index (χ1v) is 11.5. The van der Waals surface area contributed by atoms with E-state index in [4.69, 9.17) is 9.47 Å². The Morgan fingerprint density at radius 2 is 1.81 bits per heavy atom. The quantitative estimate of drug-likeness (QED) is 0.684. The first-order valence-electron chi connectivity index (χ1n) is 10.0. The number of fused-ring (bicyclic) bond motifs is 1. The maximum Gasteiger partial charge on any atom is 0.262 e. The molecule has 0 atom stereocenters. The molecule has 2 aliphatic heterocycles. The molecule has 2 aromatic carbocycles. The Labute approximate surface area is 186 Å². The normalized spacial score (nSPS) is 16.9. The molecule has 0 aromatic heterocycles. The van der Waals surface area contributed by atoms with E-state index in [-0.39, 0.29) is 49.5 Å². The van der Waals surface area contributed by atoms with Gasteiger partial charge in [-0.05, 0) is 42.0 Å². The molecule has 0 unspecified atom stereocenters. The summed E-state index contributed by atoms with van der Waals surface area (Å²) < 4.78 is 37.8. The van der Waals surface area contributed by atoms with Crippen molar-refractivity contribution in [2.75, 3.05) is 45.2 Å². The fourth-order valence-corrected chi connectivity index (χ4v) is 4.96. The number of hydrogen-bond donors (Lipinski definition) is 1. The predicted molar refractivity (Wildman–Crippen MR) is 118 cm³/mol. The summed E-state index contributed by atoms with van der Waals surface area (Å²) in [4.78, 5) is 25.7. The maximum atomic E-state index is 13.0. The van der Waals surface area contributed by atoms with Gasteiger partial charge in [0.1, 0.15) is 11.5 Å². The number of piperazine rings is 1. The van der Waals surface area contributed by atoms with Crippen molar-refractivity contribution in [3.05, 3.63) is 54.1 Å². The fourth-order valence-electron chi connectivity index (χ4n) is 3.51.